The van der Waals surface area contributed by atoms with E-state index < -0.39 is 28.5 Å². The summed E-state index contributed by atoms with van der Waals surface area (Å²) in [5, 5.41) is 12.7. The van der Waals surface area contributed by atoms with Gasteiger partial charge in [0.05, 0.1) is 12.1 Å². The van der Waals surface area contributed by atoms with Crippen molar-refractivity contribution in [3.05, 3.63) is 0 Å². The fourth-order valence-electron chi connectivity index (χ4n) is 1.12. The van der Waals surface area contributed by atoms with Crippen LogP contribution in [0.25, 0.3) is 0 Å². The second-order valence-electron chi connectivity index (χ2n) is 2.64. The Morgan fingerprint density at radius 3 is 2.27 bits per heavy atom. The first-order valence-corrected chi connectivity index (χ1v) is 4.80. The molecular weight excluding hydrogens is 248 g/mol. The maximum Gasteiger partial charge on any atom is 1.00 e. The fraction of sp³-hybridized carbons (Fsp3) is 0.800. The fourth-order valence-corrected chi connectivity index (χ4v) is 1.60. The Hall–Kier alpha value is 1.30. The smallest absolute Gasteiger partial charge is 0.726 e. The average molecular weight is 255 g/mol. The third kappa shape index (κ3) is 7.27. The molecule has 1 rings (SSSR count). The summed E-state index contributed by atoms with van der Waals surface area (Å²) in [5.41, 5.74) is 0. The van der Waals surface area contributed by atoms with Gasteiger partial charge in [-0.05, 0) is 6.42 Å². The van der Waals surface area contributed by atoms with E-state index in [1.807, 2.05) is 0 Å². The zero-order valence-electron chi connectivity index (χ0n) is 8.43. The molecule has 0 aromatic rings. The van der Waals surface area contributed by atoms with Gasteiger partial charge in [-0.25, -0.2) is 8.42 Å². The molecule has 0 saturated carbocycles. The van der Waals surface area contributed by atoms with Crippen LogP contribution in [0.1, 0.15) is 6.42 Å². The van der Waals surface area contributed by atoms with E-state index in [2.05, 4.69) is 9.50 Å². The number of carboxylic acids is 1. The van der Waals surface area contributed by atoms with E-state index in [0.717, 1.165) is 0 Å². The molecule has 76 valence electrons. The van der Waals surface area contributed by atoms with Gasteiger partial charge in [0.2, 0.25) is 10.4 Å². The number of hydrogen-bond donors (Lipinski definition) is 1. The molecular formula is C5H7NNa2O6S. The van der Waals surface area contributed by atoms with Crippen molar-refractivity contribution in [1.82, 2.24) is 5.32 Å². The molecule has 2 atom stereocenters. The van der Waals surface area contributed by atoms with Crippen molar-refractivity contribution in [3.63, 3.8) is 0 Å². The van der Waals surface area contributed by atoms with Crippen LogP contribution in [0.3, 0.4) is 0 Å². The van der Waals surface area contributed by atoms with Gasteiger partial charge in [0.25, 0.3) is 0 Å². The monoisotopic (exact) mass is 255 g/mol. The van der Waals surface area contributed by atoms with Gasteiger partial charge < -0.3 is 19.8 Å². The van der Waals surface area contributed by atoms with Gasteiger partial charge >= 0.3 is 59.1 Å². The molecule has 1 fully saturated rings. The minimum Gasteiger partial charge on any atom is -0.726 e. The number of aliphatic carboxylic acids is 1. The van der Waals surface area contributed by atoms with Gasteiger partial charge in [0.15, 0.2) is 0 Å². The Labute approximate surface area is 131 Å². The first-order valence-electron chi connectivity index (χ1n) is 3.47. The number of carbonyl (C=O) groups is 1. The number of hydrogen-bond acceptors (Lipinski definition) is 7. The van der Waals surface area contributed by atoms with Crippen LogP contribution < -0.4 is 69.5 Å². The summed E-state index contributed by atoms with van der Waals surface area (Å²) in [5.74, 6) is -1.34. The van der Waals surface area contributed by atoms with Gasteiger partial charge in [0.1, 0.15) is 0 Å². The normalized spacial score (nSPS) is 25.1. The molecule has 0 radical (unpaired) electrons. The molecule has 0 amide bonds. The quantitative estimate of drug-likeness (QED) is 0.302. The molecule has 0 aromatic carbocycles. The van der Waals surface area contributed by atoms with E-state index in [4.69, 9.17) is 0 Å². The summed E-state index contributed by atoms with van der Waals surface area (Å²) in [7, 11) is -4.76. The van der Waals surface area contributed by atoms with Gasteiger partial charge in [-0.3, -0.25) is 4.18 Å². The van der Waals surface area contributed by atoms with E-state index in [1.54, 1.807) is 0 Å². The topological polar surface area (TPSA) is 119 Å². The predicted molar refractivity (Wildman–Crippen MR) is 36.0 cm³/mol. The van der Waals surface area contributed by atoms with Crippen molar-refractivity contribution < 1.29 is 86.2 Å². The molecule has 7 nitrogen and oxygen atoms in total. The van der Waals surface area contributed by atoms with Crippen LogP contribution in [-0.2, 0) is 19.4 Å². The molecule has 1 heterocycles. The molecule has 0 aromatic heterocycles. The van der Waals surface area contributed by atoms with Crippen LogP contribution in [-0.4, -0.2) is 37.6 Å². The first-order chi connectivity index (χ1) is 5.88. The summed E-state index contributed by atoms with van der Waals surface area (Å²) in [4.78, 5) is 10.3. The molecule has 10 heteroatoms. The second-order valence-corrected chi connectivity index (χ2v) is 3.65. The van der Waals surface area contributed by atoms with Crippen LogP contribution in [0.2, 0.25) is 0 Å². The molecule has 15 heavy (non-hydrogen) atoms. The van der Waals surface area contributed by atoms with Crippen molar-refractivity contribution in [1.29, 1.82) is 0 Å². The number of carboxylic acid groups (broad SMARTS) is 1. The van der Waals surface area contributed by atoms with Crippen LogP contribution in [0.15, 0.2) is 0 Å². The largest absolute Gasteiger partial charge is 1.00 e. The van der Waals surface area contributed by atoms with E-state index >= 15 is 0 Å². The standard InChI is InChI=1S/C5H9NO6S.2Na/c7-5(8)4-1-3(2-6-4)12-13(9,10)11;;/h3-4,6H,1-2H2,(H,7,8)(H,9,10,11);;/q;2*+1/p-2. The van der Waals surface area contributed by atoms with Crippen molar-refractivity contribution >= 4 is 16.4 Å². The SMILES string of the molecule is O=C([O-])C1CC(OS(=O)(=O)[O-])CN1.[Na+].[Na+]. The van der Waals surface area contributed by atoms with Crippen molar-refractivity contribution in [2.45, 2.75) is 18.6 Å². The molecule has 0 bridgehead atoms. The van der Waals surface area contributed by atoms with Crippen LogP contribution >= 0.6 is 0 Å². The van der Waals surface area contributed by atoms with Crippen molar-refractivity contribution in [2.75, 3.05) is 6.54 Å². The maximum atomic E-state index is 10.3. The second kappa shape index (κ2) is 7.59. The van der Waals surface area contributed by atoms with Gasteiger partial charge in [-0.1, -0.05) is 0 Å². The summed E-state index contributed by atoms with van der Waals surface area (Å²) >= 11 is 0. The number of nitrogens with one attached hydrogen (secondary N) is 1. The van der Waals surface area contributed by atoms with Crippen LogP contribution in [0.4, 0.5) is 0 Å². The maximum absolute atomic E-state index is 10.3. The molecule has 1 aliphatic heterocycles. The summed E-state index contributed by atoms with van der Waals surface area (Å²) < 4.78 is 34.3. The molecule has 1 N–H and O–H groups in total. The van der Waals surface area contributed by atoms with Gasteiger partial charge in [-0.15, -0.1) is 0 Å². The molecule has 1 saturated heterocycles. The number of rotatable bonds is 3. The molecule has 1 aliphatic rings. The Balaban J connectivity index is 0. The van der Waals surface area contributed by atoms with E-state index in [0.29, 0.717) is 0 Å². The van der Waals surface area contributed by atoms with E-state index in [9.17, 15) is 22.9 Å². The Morgan fingerprint density at radius 2 is 1.93 bits per heavy atom. The van der Waals surface area contributed by atoms with Gasteiger partial charge in [-0.2, -0.15) is 0 Å². The molecule has 0 aliphatic carbocycles. The van der Waals surface area contributed by atoms with Gasteiger partial charge in [0, 0.05) is 12.6 Å². The Kier molecular flexibility index (Phi) is 9.44. The summed E-state index contributed by atoms with van der Waals surface area (Å²) in [6, 6.07) is -0.952. The van der Waals surface area contributed by atoms with E-state index in [1.165, 1.54) is 0 Å². The zero-order valence-corrected chi connectivity index (χ0v) is 13.2. The van der Waals surface area contributed by atoms with Crippen LogP contribution in [0, 0.1) is 0 Å². The molecule has 2 unspecified atom stereocenters. The first kappa shape index (κ1) is 18.7. The average Bonchev–Trinajstić information content (AvgIpc) is 2.31. The third-order valence-corrected chi connectivity index (χ3v) is 2.14. The van der Waals surface area contributed by atoms with Crippen molar-refractivity contribution in [3.8, 4) is 0 Å². The summed E-state index contributed by atoms with van der Waals surface area (Å²) in [6.07, 6.45) is -0.991. The Morgan fingerprint density at radius 1 is 1.40 bits per heavy atom. The number of carbonyl (C=O) groups excluding carboxylic acids is 1. The minimum absolute atomic E-state index is 0. The summed E-state index contributed by atoms with van der Waals surface area (Å²) in [6.45, 7) is 0.0140. The van der Waals surface area contributed by atoms with Crippen molar-refractivity contribution in [2.24, 2.45) is 0 Å². The van der Waals surface area contributed by atoms with E-state index in [-0.39, 0.29) is 72.1 Å². The third-order valence-electron chi connectivity index (χ3n) is 1.63. The Bertz CT molecular complexity index is 307. The minimum atomic E-state index is -4.76. The zero-order chi connectivity index (χ0) is 10.1. The van der Waals surface area contributed by atoms with Crippen LogP contribution in [0.5, 0.6) is 0 Å². The predicted octanol–water partition coefficient (Wildman–Crippen LogP) is -9.05. The molecule has 0 spiro atoms.